The Morgan fingerprint density at radius 1 is 1.36 bits per heavy atom. The summed E-state index contributed by atoms with van der Waals surface area (Å²) in [5, 5.41) is 0. The van der Waals surface area contributed by atoms with Crippen molar-refractivity contribution in [1.29, 1.82) is 0 Å². The molecule has 0 N–H and O–H groups in total. The monoisotopic (exact) mass is 193 g/mol. The third-order valence-electron chi connectivity index (χ3n) is 2.71. The van der Waals surface area contributed by atoms with Crippen molar-refractivity contribution in [1.82, 2.24) is 4.90 Å². The lowest BCUT2D eigenvalue weighted by Crippen LogP contribution is -2.17. The molecule has 14 heavy (non-hydrogen) atoms. The van der Waals surface area contributed by atoms with Gasteiger partial charge in [-0.1, -0.05) is 12.1 Å². The maximum atomic E-state index is 12.6. The third kappa shape index (κ3) is 1.76. The van der Waals surface area contributed by atoms with Crippen LogP contribution >= 0.6 is 0 Å². The lowest BCUT2D eigenvalue weighted by atomic mass is 9.99. The maximum Gasteiger partial charge on any atom is 0.209 e. The van der Waals surface area contributed by atoms with E-state index in [9.17, 15) is 9.18 Å². The Kier molecular flexibility index (Phi) is 2.48. The van der Waals surface area contributed by atoms with E-state index >= 15 is 0 Å². The Labute approximate surface area is 82.3 Å². The predicted octanol–water partition coefficient (Wildman–Crippen LogP) is 1.77. The molecule has 1 fully saturated rings. The van der Waals surface area contributed by atoms with E-state index in [1.54, 1.807) is 17.0 Å². The van der Waals surface area contributed by atoms with Crippen LogP contribution in [0.15, 0.2) is 24.3 Å². The molecular weight excluding hydrogens is 181 g/mol. The highest BCUT2D eigenvalue weighted by Crippen LogP contribution is 2.26. The highest BCUT2D eigenvalue weighted by atomic mass is 19.1. The topological polar surface area (TPSA) is 20.3 Å². The van der Waals surface area contributed by atoms with Crippen LogP contribution in [-0.4, -0.2) is 24.4 Å². The van der Waals surface area contributed by atoms with Crippen LogP contribution in [0.4, 0.5) is 4.39 Å². The lowest BCUT2D eigenvalue weighted by molar-refractivity contribution is -0.117. The molecule has 2 nitrogen and oxygen atoms in total. The molecule has 0 saturated carbocycles. The minimum atomic E-state index is -0.209. The van der Waals surface area contributed by atoms with Gasteiger partial charge in [0.2, 0.25) is 6.41 Å². The zero-order chi connectivity index (χ0) is 9.97. The molecule has 1 aliphatic rings. The Balaban J connectivity index is 2.09. The maximum absolute atomic E-state index is 12.6. The van der Waals surface area contributed by atoms with Gasteiger partial charge in [0.05, 0.1) is 0 Å². The number of halogens is 1. The van der Waals surface area contributed by atoms with Gasteiger partial charge in [0, 0.05) is 19.0 Å². The molecule has 1 aromatic rings. The summed E-state index contributed by atoms with van der Waals surface area (Å²) in [7, 11) is 0. The first-order chi connectivity index (χ1) is 6.79. The number of nitrogens with zero attached hydrogens (tertiary/aromatic N) is 1. The average Bonchev–Trinajstić information content (AvgIpc) is 2.67. The number of carbonyl (C=O) groups excluding carboxylic acids is 1. The summed E-state index contributed by atoms with van der Waals surface area (Å²) in [5.41, 5.74) is 1.12. The van der Waals surface area contributed by atoms with E-state index in [-0.39, 0.29) is 5.82 Å². The molecule has 0 spiro atoms. The summed E-state index contributed by atoms with van der Waals surface area (Å²) < 4.78 is 12.6. The molecule has 0 aliphatic carbocycles. The molecule has 1 unspecified atom stereocenters. The molecule has 1 aliphatic heterocycles. The number of carbonyl (C=O) groups is 1. The van der Waals surface area contributed by atoms with Gasteiger partial charge >= 0.3 is 0 Å². The van der Waals surface area contributed by atoms with Crippen molar-refractivity contribution in [3.63, 3.8) is 0 Å². The van der Waals surface area contributed by atoms with Crippen molar-refractivity contribution in [3.05, 3.63) is 35.6 Å². The number of benzene rings is 1. The van der Waals surface area contributed by atoms with Gasteiger partial charge in [-0.25, -0.2) is 4.39 Å². The van der Waals surface area contributed by atoms with Crippen LogP contribution in [0, 0.1) is 5.82 Å². The summed E-state index contributed by atoms with van der Waals surface area (Å²) >= 11 is 0. The van der Waals surface area contributed by atoms with Crippen LogP contribution in [0.2, 0.25) is 0 Å². The van der Waals surface area contributed by atoms with Crippen molar-refractivity contribution >= 4 is 6.41 Å². The zero-order valence-electron chi connectivity index (χ0n) is 7.82. The van der Waals surface area contributed by atoms with Crippen LogP contribution in [-0.2, 0) is 4.79 Å². The van der Waals surface area contributed by atoms with Gasteiger partial charge in [-0.15, -0.1) is 0 Å². The SMILES string of the molecule is O=CN1CCC(c2ccc(F)cc2)C1. The number of hydrogen-bond acceptors (Lipinski definition) is 1. The third-order valence-corrected chi connectivity index (χ3v) is 2.71. The Hall–Kier alpha value is -1.38. The lowest BCUT2D eigenvalue weighted by Gasteiger charge is -2.10. The Morgan fingerprint density at radius 2 is 2.07 bits per heavy atom. The molecule has 1 aromatic carbocycles. The minimum absolute atomic E-state index is 0.209. The fourth-order valence-electron chi connectivity index (χ4n) is 1.89. The molecule has 1 atom stereocenters. The molecule has 0 aromatic heterocycles. The first-order valence-corrected chi connectivity index (χ1v) is 4.74. The molecule has 2 rings (SSSR count). The Bertz CT molecular complexity index is 323. The van der Waals surface area contributed by atoms with E-state index in [0.717, 1.165) is 31.5 Å². The second-order valence-electron chi connectivity index (χ2n) is 3.64. The van der Waals surface area contributed by atoms with Gasteiger partial charge in [0.25, 0.3) is 0 Å². The molecule has 1 saturated heterocycles. The van der Waals surface area contributed by atoms with Crippen LogP contribution in [0.25, 0.3) is 0 Å². The molecule has 0 radical (unpaired) electrons. The molecular formula is C11H12FNO. The van der Waals surface area contributed by atoms with Crippen LogP contribution in [0.1, 0.15) is 17.9 Å². The largest absolute Gasteiger partial charge is 0.345 e. The van der Waals surface area contributed by atoms with Crippen molar-refractivity contribution in [2.24, 2.45) is 0 Å². The van der Waals surface area contributed by atoms with Crippen LogP contribution in [0.3, 0.4) is 0 Å². The summed E-state index contributed by atoms with van der Waals surface area (Å²) in [6, 6.07) is 6.54. The standard InChI is InChI=1S/C11H12FNO/c12-11-3-1-9(2-4-11)10-5-6-13(7-10)8-14/h1-4,8,10H,5-7H2. The van der Waals surface area contributed by atoms with E-state index in [1.165, 1.54) is 12.1 Å². The van der Waals surface area contributed by atoms with Gasteiger partial charge in [-0.3, -0.25) is 4.79 Å². The average molecular weight is 193 g/mol. The second-order valence-corrected chi connectivity index (χ2v) is 3.64. The summed E-state index contributed by atoms with van der Waals surface area (Å²) in [4.78, 5) is 12.3. The fourth-order valence-corrected chi connectivity index (χ4v) is 1.89. The number of likely N-dealkylation sites (tertiary alicyclic amines) is 1. The van der Waals surface area contributed by atoms with Crippen molar-refractivity contribution in [3.8, 4) is 0 Å². The predicted molar refractivity (Wildman–Crippen MR) is 51.4 cm³/mol. The normalized spacial score (nSPS) is 21.2. The second kappa shape index (κ2) is 3.78. The van der Waals surface area contributed by atoms with Gasteiger partial charge in [-0.2, -0.15) is 0 Å². The van der Waals surface area contributed by atoms with Gasteiger partial charge in [0.15, 0.2) is 0 Å². The van der Waals surface area contributed by atoms with Crippen molar-refractivity contribution in [2.45, 2.75) is 12.3 Å². The first-order valence-electron chi connectivity index (χ1n) is 4.74. The number of rotatable bonds is 2. The number of amides is 1. The van der Waals surface area contributed by atoms with Gasteiger partial charge in [-0.05, 0) is 24.1 Å². The minimum Gasteiger partial charge on any atom is -0.345 e. The molecule has 3 heteroatoms. The Morgan fingerprint density at radius 3 is 2.64 bits per heavy atom. The summed E-state index contributed by atoms with van der Waals surface area (Å²) in [6.45, 7) is 1.57. The molecule has 74 valence electrons. The zero-order valence-corrected chi connectivity index (χ0v) is 7.82. The van der Waals surface area contributed by atoms with Gasteiger partial charge in [0.1, 0.15) is 5.82 Å². The van der Waals surface area contributed by atoms with Gasteiger partial charge < -0.3 is 4.90 Å². The summed E-state index contributed by atoms with van der Waals surface area (Å²) in [5.74, 6) is 0.166. The molecule has 0 bridgehead atoms. The van der Waals surface area contributed by atoms with E-state index in [2.05, 4.69) is 0 Å². The highest BCUT2D eigenvalue weighted by molar-refractivity contribution is 5.48. The smallest absolute Gasteiger partial charge is 0.209 e. The van der Waals surface area contributed by atoms with Crippen molar-refractivity contribution < 1.29 is 9.18 Å². The van der Waals surface area contributed by atoms with E-state index in [1.807, 2.05) is 0 Å². The first kappa shape index (κ1) is 9.19. The molecule has 1 amide bonds. The highest BCUT2D eigenvalue weighted by Gasteiger charge is 2.22. The summed E-state index contributed by atoms with van der Waals surface area (Å²) in [6.07, 6.45) is 1.86. The van der Waals surface area contributed by atoms with E-state index < -0.39 is 0 Å². The van der Waals surface area contributed by atoms with Crippen molar-refractivity contribution in [2.75, 3.05) is 13.1 Å². The fraction of sp³-hybridized carbons (Fsp3) is 0.364. The molecule has 1 heterocycles. The van der Waals surface area contributed by atoms with Crippen LogP contribution in [0.5, 0.6) is 0 Å². The van der Waals surface area contributed by atoms with E-state index in [4.69, 9.17) is 0 Å². The quantitative estimate of drug-likeness (QED) is 0.655. The number of hydrogen-bond donors (Lipinski definition) is 0. The van der Waals surface area contributed by atoms with E-state index in [0.29, 0.717) is 5.92 Å². The van der Waals surface area contributed by atoms with Crippen LogP contribution < -0.4 is 0 Å².